The van der Waals surface area contributed by atoms with Gasteiger partial charge in [0.1, 0.15) is 0 Å². The topological polar surface area (TPSA) is 119 Å². The number of rotatable bonds is 5. The molecule has 1 N–H and O–H groups in total. The molecule has 1 aliphatic heterocycles. The minimum Gasteiger partial charge on any atom is -0.481 e. The summed E-state index contributed by atoms with van der Waals surface area (Å²) >= 11 is 0. The molecule has 4 rings (SSSR count). The molecule has 1 aromatic carbocycles. The van der Waals surface area contributed by atoms with Crippen LogP contribution in [0.1, 0.15) is 23.3 Å². The van der Waals surface area contributed by atoms with Gasteiger partial charge in [0.25, 0.3) is 11.6 Å². The lowest BCUT2D eigenvalue weighted by Gasteiger charge is -2.14. The Kier molecular flexibility index (Phi) is 4.14. The van der Waals surface area contributed by atoms with Crippen molar-refractivity contribution in [2.75, 3.05) is 13.1 Å². The number of hydrogen-bond donors (Lipinski definition) is 1. The molecule has 1 amide bonds. The third-order valence-corrected chi connectivity index (χ3v) is 5.33. The number of hydrogen-bond acceptors (Lipinski definition) is 5. The van der Waals surface area contributed by atoms with Gasteiger partial charge in [0.15, 0.2) is 5.69 Å². The van der Waals surface area contributed by atoms with E-state index in [4.69, 9.17) is 0 Å². The molecule has 27 heavy (non-hydrogen) atoms. The van der Waals surface area contributed by atoms with Gasteiger partial charge < -0.3 is 10.0 Å². The largest absolute Gasteiger partial charge is 0.481 e. The summed E-state index contributed by atoms with van der Waals surface area (Å²) in [6.07, 6.45) is 3.67. The van der Waals surface area contributed by atoms with Crippen LogP contribution in [0.15, 0.2) is 36.5 Å². The number of non-ortho nitro benzene ring substituents is 1. The molecule has 2 aliphatic rings. The second-order valence-corrected chi connectivity index (χ2v) is 7.08. The van der Waals surface area contributed by atoms with Crippen molar-refractivity contribution in [1.82, 2.24) is 14.7 Å². The summed E-state index contributed by atoms with van der Waals surface area (Å²) in [5.74, 6) is -1.23. The molecule has 9 nitrogen and oxygen atoms in total. The number of nitro groups is 1. The van der Waals surface area contributed by atoms with E-state index >= 15 is 0 Å². The first-order chi connectivity index (χ1) is 12.9. The van der Waals surface area contributed by atoms with E-state index in [-0.39, 0.29) is 29.8 Å². The molecular weight excluding hydrogens is 352 g/mol. The minimum atomic E-state index is -0.849. The fourth-order valence-electron chi connectivity index (χ4n) is 3.73. The SMILES string of the molecule is O=C(O)[C@H]1CN(C(=O)c2ccn(-c3ccc([N+](=O)[O-])cc3)n2)C[C@@H]1C1CC1. The molecule has 0 radical (unpaired) electrons. The maximum Gasteiger partial charge on any atom is 0.308 e. The average Bonchev–Trinajstić information content (AvgIpc) is 3.21. The van der Waals surface area contributed by atoms with Crippen LogP contribution in [0.3, 0.4) is 0 Å². The highest BCUT2D eigenvalue weighted by atomic mass is 16.6. The smallest absolute Gasteiger partial charge is 0.308 e. The number of nitro benzene ring substituents is 1. The van der Waals surface area contributed by atoms with Gasteiger partial charge in [-0.2, -0.15) is 5.10 Å². The molecular formula is C18H18N4O5. The highest BCUT2D eigenvalue weighted by Crippen LogP contribution is 2.44. The van der Waals surface area contributed by atoms with Crippen LogP contribution in [-0.2, 0) is 4.79 Å². The van der Waals surface area contributed by atoms with Gasteiger partial charge >= 0.3 is 5.97 Å². The number of carbonyl (C=O) groups is 2. The van der Waals surface area contributed by atoms with Crippen LogP contribution in [-0.4, -0.2) is 49.7 Å². The molecule has 1 saturated heterocycles. The normalized spacial score (nSPS) is 22.0. The maximum atomic E-state index is 12.8. The fourth-order valence-corrected chi connectivity index (χ4v) is 3.73. The van der Waals surface area contributed by atoms with E-state index in [2.05, 4.69) is 5.10 Å². The quantitative estimate of drug-likeness (QED) is 0.635. The lowest BCUT2D eigenvalue weighted by atomic mass is 9.92. The van der Waals surface area contributed by atoms with Crippen molar-refractivity contribution in [2.24, 2.45) is 17.8 Å². The van der Waals surface area contributed by atoms with E-state index in [0.29, 0.717) is 18.2 Å². The van der Waals surface area contributed by atoms with Crippen LogP contribution in [0.2, 0.25) is 0 Å². The first-order valence-corrected chi connectivity index (χ1v) is 8.76. The minimum absolute atomic E-state index is 0.0169. The highest BCUT2D eigenvalue weighted by Gasteiger charge is 2.47. The highest BCUT2D eigenvalue weighted by molar-refractivity contribution is 5.93. The molecule has 2 fully saturated rings. The summed E-state index contributed by atoms with van der Waals surface area (Å²) in [5, 5.41) is 24.4. The fraction of sp³-hybridized carbons (Fsp3) is 0.389. The van der Waals surface area contributed by atoms with Crippen molar-refractivity contribution in [1.29, 1.82) is 0 Å². The first-order valence-electron chi connectivity index (χ1n) is 8.76. The second kappa shape index (κ2) is 6.49. The van der Waals surface area contributed by atoms with E-state index in [1.165, 1.54) is 16.8 Å². The van der Waals surface area contributed by atoms with Gasteiger partial charge in [0.05, 0.1) is 16.5 Å². The van der Waals surface area contributed by atoms with E-state index in [1.54, 1.807) is 29.3 Å². The van der Waals surface area contributed by atoms with Crippen LogP contribution in [0.25, 0.3) is 5.69 Å². The maximum absolute atomic E-state index is 12.8. The van der Waals surface area contributed by atoms with Gasteiger partial charge in [-0.1, -0.05) is 0 Å². The second-order valence-electron chi connectivity index (χ2n) is 7.08. The Morgan fingerprint density at radius 3 is 2.44 bits per heavy atom. The summed E-state index contributed by atoms with van der Waals surface area (Å²) in [6, 6.07) is 7.43. The third kappa shape index (κ3) is 3.27. The van der Waals surface area contributed by atoms with Gasteiger partial charge in [-0.3, -0.25) is 19.7 Å². The molecule has 1 aromatic heterocycles. The number of carbonyl (C=O) groups excluding carboxylic acids is 1. The standard InChI is InChI=1S/C18H18N4O5/c23-17(20-9-14(11-1-2-11)15(10-20)18(24)25)16-7-8-21(19-16)12-3-5-13(6-4-12)22(26)27/h3-8,11,14-15H,1-2,9-10H2,(H,24,25)/t14-,15+/m1/s1. The van der Waals surface area contributed by atoms with Crippen LogP contribution < -0.4 is 0 Å². The van der Waals surface area contributed by atoms with Crippen molar-refractivity contribution in [3.8, 4) is 5.69 Å². The van der Waals surface area contributed by atoms with Crippen molar-refractivity contribution < 1.29 is 19.6 Å². The number of likely N-dealkylation sites (tertiary alicyclic amines) is 1. The summed E-state index contributed by atoms with van der Waals surface area (Å²) in [6.45, 7) is 0.657. The Labute approximate surface area is 154 Å². The van der Waals surface area contributed by atoms with Gasteiger partial charge in [-0.25, -0.2) is 4.68 Å². The lowest BCUT2D eigenvalue weighted by Crippen LogP contribution is -2.30. The van der Waals surface area contributed by atoms with E-state index in [9.17, 15) is 24.8 Å². The van der Waals surface area contributed by atoms with E-state index < -0.39 is 16.8 Å². The Morgan fingerprint density at radius 2 is 1.85 bits per heavy atom. The molecule has 1 aliphatic carbocycles. The monoisotopic (exact) mass is 370 g/mol. The Hall–Kier alpha value is -3.23. The molecule has 2 heterocycles. The van der Waals surface area contributed by atoms with Crippen LogP contribution in [0.4, 0.5) is 5.69 Å². The van der Waals surface area contributed by atoms with Gasteiger partial charge in [0, 0.05) is 31.4 Å². The number of aromatic nitrogens is 2. The molecule has 0 unspecified atom stereocenters. The van der Waals surface area contributed by atoms with Crippen molar-refractivity contribution >= 4 is 17.6 Å². The predicted molar refractivity (Wildman–Crippen MR) is 93.5 cm³/mol. The number of amides is 1. The summed E-state index contributed by atoms with van der Waals surface area (Å²) in [5.41, 5.74) is 0.805. The number of aliphatic carboxylic acids is 1. The number of benzene rings is 1. The molecule has 0 spiro atoms. The zero-order valence-electron chi connectivity index (χ0n) is 14.4. The number of carboxylic acid groups (broad SMARTS) is 1. The van der Waals surface area contributed by atoms with Gasteiger partial charge in [-0.15, -0.1) is 0 Å². The van der Waals surface area contributed by atoms with Crippen LogP contribution in [0.5, 0.6) is 0 Å². The molecule has 1 saturated carbocycles. The lowest BCUT2D eigenvalue weighted by molar-refractivity contribution is -0.384. The first kappa shape index (κ1) is 17.2. The Bertz CT molecular complexity index is 903. The average molecular weight is 370 g/mol. The summed E-state index contributed by atoms with van der Waals surface area (Å²) < 4.78 is 1.47. The zero-order valence-corrected chi connectivity index (χ0v) is 14.4. The van der Waals surface area contributed by atoms with Crippen molar-refractivity contribution in [3.63, 3.8) is 0 Å². The molecule has 0 bridgehead atoms. The van der Waals surface area contributed by atoms with Crippen LogP contribution >= 0.6 is 0 Å². The predicted octanol–water partition coefficient (Wildman–Crippen LogP) is 1.96. The number of nitrogens with zero attached hydrogens (tertiary/aromatic N) is 4. The Morgan fingerprint density at radius 1 is 1.15 bits per heavy atom. The van der Waals surface area contributed by atoms with Crippen LogP contribution in [0, 0.1) is 27.9 Å². The molecule has 9 heteroatoms. The molecule has 2 atom stereocenters. The van der Waals surface area contributed by atoms with Crippen molar-refractivity contribution in [3.05, 3.63) is 52.3 Å². The number of carboxylic acids is 1. The summed E-state index contributed by atoms with van der Waals surface area (Å²) in [4.78, 5) is 36.1. The third-order valence-electron chi connectivity index (χ3n) is 5.33. The van der Waals surface area contributed by atoms with Gasteiger partial charge in [-0.05, 0) is 42.9 Å². The summed E-state index contributed by atoms with van der Waals surface area (Å²) in [7, 11) is 0. The zero-order chi connectivity index (χ0) is 19.1. The molecule has 2 aromatic rings. The van der Waals surface area contributed by atoms with E-state index in [0.717, 1.165) is 12.8 Å². The van der Waals surface area contributed by atoms with Gasteiger partial charge in [0.2, 0.25) is 0 Å². The van der Waals surface area contributed by atoms with Crippen molar-refractivity contribution in [2.45, 2.75) is 12.8 Å². The Balaban J connectivity index is 1.50. The molecule has 140 valence electrons. The van der Waals surface area contributed by atoms with E-state index in [1.807, 2.05) is 0 Å².